The summed E-state index contributed by atoms with van der Waals surface area (Å²) in [5.74, 6) is 0. The molecule has 1 unspecified atom stereocenters. The van der Waals surface area contributed by atoms with Crippen LogP contribution in [0.2, 0.25) is 0 Å². The number of imidazole rings is 1. The highest BCUT2D eigenvalue weighted by Gasteiger charge is 2.44. The van der Waals surface area contributed by atoms with Gasteiger partial charge < -0.3 is 0 Å². The number of quaternary nitrogens is 1. The predicted octanol–water partition coefficient (Wildman–Crippen LogP) is 3.59. The summed E-state index contributed by atoms with van der Waals surface area (Å²) < 4.78 is 1.69. The van der Waals surface area contributed by atoms with E-state index in [1.807, 2.05) is 25.1 Å². The molecule has 0 N–H and O–H groups in total. The second kappa shape index (κ2) is 6.30. The highest BCUT2D eigenvalue weighted by molar-refractivity contribution is 5.81. The summed E-state index contributed by atoms with van der Waals surface area (Å²) in [6.07, 6.45) is 8.17. The van der Waals surface area contributed by atoms with Crippen LogP contribution in [-0.4, -0.2) is 32.9 Å². The van der Waals surface area contributed by atoms with Crippen molar-refractivity contribution in [3.63, 3.8) is 0 Å². The van der Waals surface area contributed by atoms with Gasteiger partial charge >= 0.3 is 6.03 Å². The van der Waals surface area contributed by atoms with E-state index in [1.165, 1.54) is 10.1 Å². The fourth-order valence-corrected chi connectivity index (χ4v) is 3.12. The van der Waals surface area contributed by atoms with Gasteiger partial charge in [-0.05, 0) is 12.5 Å². The Kier molecular flexibility index (Phi) is 4.21. The molecule has 2 heterocycles. The van der Waals surface area contributed by atoms with Crippen molar-refractivity contribution >= 4 is 12.4 Å². The Bertz CT molecular complexity index is 747. The number of hydrogen-bond donors (Lipinski definition) is 0. The third-order valence-electron chi connectivity index (χ3n) is 4.34. The van der Waals surface area contributed by atoms with Crippen LogP contribution in [0.1, 0.15) is 25.8 Å². The van der Waals surface area contributed by atoms with Crippen molar-refractivity contribution < 1.29 is 9.28 Å². The van der Waals surface area contributed by atoms with Crippen LogP contribution in [0.5, 0.6) is 0 Å². The topological polar surface area (TPSA) is 47.2 Å². The first-order valence-electron chi connectivity index (χ1n) is 7.93. The number of nitrogens with zero attached hydrogens (tertiary/aromatic N) is 4. The van der Waals surface area contributed by atoms with Gasteiger partial charge in [-0.1, -0.05) is 37.3 Å². The van der Waals surface area contributed by atoms with Crippen LogP contribution in [-0.2, 0) is 6.42 Å². The van der Waals surface area contributed by atoms with E-state index in [2.05, 4.69) is 29.0 Å². The molecule has 1 aliphatic rings. The molecule has 0 radical (unpaired) electrons. The number of rotatable bonds is 4. The number of aromatic nitrogens is 2. The molecule has 0 fully saturated rings. The predicted molar refractivity (Wildman–Crippen MR) is 89.8 cm³/mol. The molecule has 5 heteroatoms. The van der Waals surface area contributed by atoms with Crippen molar-refractivity contribution in [2.45, 2.75) is 26.7 Å². The van der Waals surface area contributed by atoms with Gasteiger partial charge in [0.25, 0.3) is 0 Å². The highest BCUT2D eigenvalue weighted by atomic mass is 16.2. The second-order valence-electron chi connectivity index (χ2n) is 5.59. The number of hydrogen-bond acceptors (Lipinski definition) is 3. The van der Waals surface area contributed by atoms with E-state index in [0.717, 1.165) is 24.2 Å². The standard InChI is InChI=1S/C18H21N4O/c1-3-17-16(12-15-8-6-5-7-9-15)20-14-22(17,4-2)18(23)21-11-10-19-13-21/h5-11,13-14H,3-4,12H2,1-2H3/q+1. The molecule has 3 rings (SSSR count). The third kappa shape index (κ3) is 2.64. The Morgan fingerprint density at radius 1 is 1.22 bits per heavy atom. The van der Waals surface area contributed by atoms with Crippen molar-refractivity contribution in [1.29, 1.82) is 0 Å². The minimum Gasteiger partial charge on any atom is -0.245 e. The lowest BCUT2D eigenvalue weighted by Crippen LogP contribution is -2.51. The molecular formula is C18H21N4O+. The monoisotopic (exact) mass is 309 g/mol. The van der Waals surface area contributed by atoms with Gasteiger partial charge in [0.1, 0.15) is 17.7 Å². The second-order valence-corrected chi connectivity index (χ2v) is 5.59. The first-order chi connectivity index (χ1) is 11.2. The highest BCUT2D eigenvalue weighted by Crippen LogP contribution is 2.31. The number of carbonyl (C=O) groups excluding carboxylic acids is 1. The lowest BCUT2D eigenvalue weighted by Gasteiger charge is -2.28. The van der Waals surface area contributed by atoms with E-state index < -0.39 is 0 Å². The zero-order valence-corrected chi connectivity index (χ0v) is 13.5. The zero-order chi connectivity index (χ0) is 16.3. The lowest BCUT2D eigenvalue weighted by molar-refractivity contribution is -0.706. The Morgan fingerprint density at radius 3 is 2.61 bits per heavy atom. The van der Waals surface area contributed by atoms with Crippen LogP contribution >= 0.6 is 0 Å². The van der Waals surface area contributed by atoms with E-state index in [0.29, 0.717) is 6.54 Å². The number of benzene rings is 1. The molecule has 1 amide bonds. The summed E-state index contributed by atoms with van der Waals surface area (Å²) in [7, 11) is 0. The molecule has 1 atom stereocenters. The molecule has 118 valence electrons. The molecule has 0 saturated heterocycles. The van der Waals surface area contributed by atoms with E-state index in [9.17, 15) is 4.79 Å². The molecule has 5 nitrogen and oxygen atoms in total. The maximum absolute atomic E-state index is 13.0. The quantitative estimate of drug-likeness (QED) is 0.810. The molecule has 0 bridgehead atoms. The SMILES string of the molecule is CCC1=C(Cc2ccccc2)N=C[N+]1(CC)C(=O)n1ccnc1. The first-order valence-corrected chi connectivity index (χ1v) is 7.93. The molecule has 1 aromatic heterocycles. The summed E-state index contributed by atoms with van der Waals surface area (Å²) in [4.78, 5) is 21.6. The van der Waals surface area contributed by atoms with Crippen LogP contribution in [0, 0.1) is 0 Å². The summed E-state index contributed by atoms with van der Waals surface area (Å²) in [6.45, 7) is 4.74. The fraction of sp³-hybridized carbons (Fsp3) is 0.278. The van der Waals surface area contributed by atoms with Gasteiger partial charge in [0.05, 0.1) is 6.54 Å². The summed E-state index contributed by atoms with van der Waals surface area (Å²) in [5, 5.41) is 0. The first kappa shape index (κ1) is 15.4. The van der Waals surface area contributed by atoms with E-state index in [1.54, 1.807) is 25.1 Å². The summed E-state index contributed by atoms with van der Waals surface area (Å²) in [6, 6.07) is 10.2. The Morgan fingerprint density at radius 2 is 2.00 bits per heavy atom. The number of aliphatic imine (C=N–C) groups is 1. The average Bonchev–Trinajstić information content (AvgIpc) is 3.23. The van der Waals surface area contributed by atoms with E-state index >= 15 is 0 Å². The Hall–Kier alpha value is -2.53. The van der Waals surface area contributed by atoms with Gasteiger partial charge in [-0.25, -0.2) is 19.3 Å². The molecule has 0 aliphatic carbocycles. The number of carbonyl (C=O) groups is 1. The van der Waals surface area contributed by atoms with Crippen LogP contribution in [0.25, 0.3) is 0 Å². The van der Waals surface area contributed by atoms with Gasteiger partial charge in [-0.2, -0.15) is 4.48 Å². The van der Waals surface area contributed by atoms with Gasteiger partial charge in [-0.3, -0.25) is 0 Å². The van der Waals surface area contributed by atoms with E-state index in [-0.39, 0.29) is 10.5 Å². The molecule has 1 aliphatic heterocycles. The third-order valence-corrected chi connectivity index (χ3v) is 4.34. The molecule has 1 aromatic carbocycles. The van der Waals surface area contributed by atoms with Crippen molar-refractivity contribution in [2.24, 2.45) is 4.99 Å². The molecule has 2 aromatic rings. The summed E-state index contributed by atoms with van der Waals surface area (Å²) >= 11 is 0. The summed E-state index contributed by atoms with van der Waals surface area (Å²) in [5.41, 5.74) is 3.26. The fourth-order valence-electron chi connectivity index (χ4n) is 3.12. The smallest absolute Gasteiger partial charge is 0.245 e. The maximum atomic E-state index is 13.0. The molecular weight excluding hydrogens is 288 g/mol. The minimum atomic E-state index is -0.0336. The van der Waals surface area contributed by atoms with Gasteiger partial charge in [0, 0.05) is 25.2 Å². The normalized spacial score (nSPS) is 20.3. The van der Waals surface area contributed by atoms with Crippen LogP contribution in [0.3, 0.4) is 0 Å². The molecule has 23 heavy (non-hydrogen) atoms. The molecule has 0 spiro atoms. The van der Waals surface area contributed by atoms with Crippen molar-refractivity contribution in [3.05, 3.63) is 66.0 Å². The van der Waals surface area contributed by atoms with Crippen molar-refractivity contribution in [3.8, 4) is 0 Å². The lowest BCUT2D eigenvalue weighted by atomic mass is 10.1. The van der Waals surface area contributed by atoms with Crippen molar-refractivity contribution in [1.82, 2.24) is 9.55 Å². The molecule has 0 saturated carbocycles. The number of amides is 1. The van der Waals surface area contributed by atoms with Crippen LogP contribution in [0.4, 0.5) is 4.79 Å². The van der Waals surface area contributed by atoms with Gasteiger partial charge in [0.2, 0.25) is 6.34 Å². The largest absolute Gasteiger partial charge is 0.439 e. The number of allylic oxidation sites excluding steroid dienone is 2. The Labute approximate surface area is 136 Å². The van der Waals surface area contributed by atoms with Crippen molar-refractivity contribution in [2.75, 3.05) is 6.54 Å². The Balaban J connectivity index is 1.99. The van der Waals surface area contributed by atoms with E-state index in [4.69, 9.17) is 0 Å². The van der Waals surface area contributed by atoms with Crippen LogP contribution < -0.4 is 0 Å². The average molecular weight is 309 g/mol. The maximum Gasteiger partial charge on any atom is 0.439 e. The minimum absolute atomic E-state index is 0.0336. The zero-order valence-electron chi connectivity index (χ0n) is 13.5. The van der Waals surface area contributed by atoms with Gasteiger partial charge in [-0.15, -0.1) is 0 Å². The van der Waals surface area contributed by atoms with Crippen LogP contribution in [0.15, 0.2) is 65.4 Å². The van der Waals surface area contributed by atoms with Gasteiger partial charge in [0.15, 0.2) is 0 Å².